The van der Waals surface area contributed by atoms with Gasteiger partial charge in [0, 0.05) is 12.1 Å². The van der Waals surface area contributed by atoms with Crippen LogP contribution in [-0.2, 0) is 6.54 Å². The molecule has 2 rings (SSSR count). The molecule has 0 saturated heterocycles. The zero-order chi connectivity index (χ0) is 14.6. The Kier molecular flexibility index (Phi) is 4.59. The molecule has 0 fully saturated rings. The van der Waals surface area contributed by atoms with Crippen molar-refractivity contribution >= 4 is 0 Å². The van der Waals surface area contributed by atoms with Gasteiger partial charge < -0.3 is 19.9 Å². The minimum absolute atomic E-state index is 0.118. The third-order valence-electron chi connectivity index (χ3n) is 3.64. The first-order valence-electron chi connectivity index (χ1n) is 6.70. The summed E-state index contributed by atoms with van der Waals surface area (Å²) in [4.78, 5) is 0. The summed E-state index contributed by atoms with van der Waals surface area (Å²) in [6.07, 6.45) is 2.35. The summed E-state index contributed by atoms with van der Waals surface area (Å²) in [5, 5.41) is 29.0. The number of aromatic amines is 1. The molecule has 0 radical (unpaired) electrons. The van der Waals surface area contributed by atoms with Gasteiger partial charge >= 0.3 is 0 Å². The number of nitrogens with zero attached hydrogens (tertiary/aromatic N) is 1. The first-order chi connectivity index (χ1) is 9.64. The molecule has 0 unspecified atom stereocenters. The zero-order valence-corrected chi connectivity index (χ0v) is 11.8. The number of aryl methyl sites for hydroxylation is 1. The molecule has 0 aliphatic carbocycles. The summed E-state index contributed by atoms with van der Waals surface area (Å²) in [6, 6.07) is 3.78. The molecule has 4 N–H and O–H groups in total. The molecule has 2 heterocycles. The van der Waals surface area contributed by atoms with Gasteiger partial charge in [-0.3, -0.25) is 5.10 Å². The lowest BCUT2D eigenvalue weighted by Crippen LogP contribution is -2.50. The second-order valence-corrected chi connectivity index (χ2v) is 4.98. The van der Waals surface area contributed by atoms with Crippen LogP contribution in [0.1, 0.15) is 24.7 Å². The van der Waals surface area contributed by atoms with Crippen LogP contribution in [0.2, 0.25) is 0 Å². The third-order valence-corrected chi connectivity index (χ3v) is 3.64. The third kappa shape index (κ3) is 2.92. The van der Waals surface area contributed by atoms with Crippen LogP contribution in [0.15, 0.2) is 22.7 Å². The average molecular weight is 279 g/mol. The van der Waals surface area contributed by atoms with E-state index < -0.39 is 5.54 Å². The predicted molar refractivity (Wildman–Crippen MR) is 75.1 cm³/mol. The van der Waals surface area contributed by atoms with E-state index in [9.17, 15) is 10.2 Å². The van der Waals surface area contributed by atoms with E-state index in [1.165, 1.54) is 0 Å². The lowest BCUT2D eigenvalue weighted by molar-refractivity contribution is 0.0864. The first-order valence-corrected chi connectivity index (χ1v) is 6.70. The van der Waals surface area contributed by atoms with Gasteiger partial charge in [-0.25, -0.2) is 0 Å². The van der Waals surface area contributed by atoms with Gasteiger partial charge in [-0.05, 0) is 25.5 Å². The van der Waals surface area contributed by atoms with E-state index in [1.807, 2.05) is 26.0 Å². The molecule has 0 aromatic carbocycles. The van der Waals surface area contributed by atoms with Crippen LogP contribution in [0, 0.1) is 6.92 Å². The van der Waals surface area contributed by atoms with Crippen molar-refractivity contribution in [2.45, 2.75) is 32.4 Å². The second kappa shape index (κ2) is 6.21. The monoisotopic (exact) mass is 279 g/mol. The summed E-state index contributed by atoms with van der Waals surface area (Å²) in [7, 11) is 0. The standard InChI is InChI=1S/C14H21N3O3/c1-3-14(8-18,9-19)15-6-11-7-16-17-13(11)12-5-4-10(2)20-12/h4-5,7,15,18-19H,3,6,8-9H2,1-2H3,(H,16,17). The Labute approximate surface area is 117 Å². The van der Waals surface area contributed by atoms with Gasteiger partial charge in [-0.2, -0.15) is 5.10 Å². The predicted octanol–water partition coefficient (Wildman–Crippen LogP) is 1.20. The van der Waals surface area contributed by atoms with Crippen LogP contribution in [0.5, 0.6) is 0 Å². The molecule has 0 spiro atoms. The SMILES string of the molecule is CCC(CO)(CO)NCc1cn[nH]c1-c1ccc(C)o1. The quantitative estimate of drug-likeness (QED) is 0.611. The number of aliphatic hydroxyl groups excluding tert-OH is 2. The Balaban J connectivity index is 2.13. The second-order valence-electron chi connectivity index (χ2n) is 4.98. The molecule has 0 aliphatic heterocycles. The van der Waals surface area contributed by atoms with Crippen molar-refractivity contribution in [1.82, 2.24) is 15.5 Å². The molecule has 2 aromatic rings. The summed E-state index contributed by atoms with van der Waals surface area (Å²) in [5.41, 5.74) is 1.07. The summed E-state index contributed by atoms with van der Waals surface area (Å²) in [6.45, 7) is 4.06. The van der Waals surface area contributed by atoms with E-state index in [0.717, 1.165) is 22.8 Å². The highest BCUT2D eigenvalue weighted by atomic mass is 16.3. The van der Waals surface area contributed by atoms with Crippen LogP contribution < -0.4 is 5.32 Å². The molecule has 6 heteroatoms. The maximum atomic E-state index is 9.43. The highest BCUT2D eigenvalue weighted by molar-refractivity contribution is 5.56. The molecular weight excluding hydrogens is 258 g/mol. The lowest BCUT2D eigenvalue weighted by atomic mass is 9.98. The molecule has 0 atom stereocenters. The van der Waals surface area contributed by atoms with Crippen molar-refractivity contribution in [3.8, 4) is 11.5 Å². The number of furan rings is 1. The van der Waals surface area contributed by atoms with E-state index in [2.05, 4.69) is 15.5 Å². The lowest BCUT2D eigenvalue weighted by Gasteiger charge is -2.29. The maximum Gasteiger partial charge on any atom is 0.152 e. The van der Waals surface area contributed by atoms with E-state index in [4.69, 9.17) is 4.42 Å². The van der Waals surface area contributed by atoms with Gasteiger partial charge in [0.05, 0.1) is 24.9 Å². The van der Waals surface area contributed by atoms with Gasteiger partial charge in [0.2, 0.25) is 0 Å². The van der Waals surface area contributed by atoms with Gasteiger partial charge in [-0.1, -0.05) is 6.92 Å². The molecule has 20 heavy (non-hydrogen) atoms. The number of aromatic nitrogens is 2. The van der Waals surface area contributed by atoms with Crippen molar-refractivity contribution in [3.05, 3.63) is 29.7 Å². The number of rotatable bonds is 7. The molecule has 110 valence electrons. The molecule has 2 aromatic heterocycles. The molecule has 0 amide bonds. The van der Waals surface area contributed by atoms with Crippen molar-refractivity contribution in [2.24, 2.45) is 0 Å². The average Bonchev–Trinajstić information content (AvgIpc) is 3.09. The molecule has 0 aliphatic rings. The van der Waals surface area contributed by atoms with Gasteiger partial charge in [0.15, 0.2) is 5.76 Å². The summed E-state index contributed by atoms with van der Waals surface area (Å²) < 4.78 is 5.58. The number of aliphatic hydroxyl groups is 2. The smallest absolute Gasteiger partial charge is 0.152 e. The van der Waals surface area contributed by atoms with E-state index in [-0.39, 0.29) is 13.2 Å². The van der Waals surface area contributed by atoms with E-state index in [0.29, 0.717) is 13.0 Å². The molecule has 6 nitrogen and oxygen atoms in total. The topological polar surface area (TPSA) is 94.3 Å². The van der Waals surface area contributed by atoms with Crippen molar-refractivity contribution in [3.63, 3.8) is 0 Å². The fourth-order valence-corrected chi connectivity index (χ4v) is 2.02. The van der Waals surface area contributed by atoms with Crippen LogP contribution in [0.4, 0.5) is 0 Å². The van der Waals surface area contributed by atoms with Crippen LogP contribution >= 0.6 is 0 Å². The number of nitrogens with one attached hydrogen (secondary N) is 2. The zero-order valence-electron chi connectivity index (χ0n) is 11.8. The Bertz CT molecular complexity index is 535. The van der Waals surface area contributed by atoms with Crippen molar-refractivity contribution < 1.29 is 14.6 Å². The van der Waals surface area contributed by atoms with E-state index >= 15 is 0 Å². The molecule has 0 saturated carbocycles. The fourth-order valence-electron chi connectivity index (χ4n) is 2.02. The Morgan fingerprint density at radius 1 is 1.35 bits per heavy atom. The highest BCUT2D eigenvalue weighted by Gasteiger charge is 2.26. The minimum atomic E-state index is -0.673. The van der Waals surface area contributed by atoms with Crippen LogP contribution in [-0.4, -0.2) is 39.2 Å². The number of hydrogen-bond acceptors (Lipinski definition) is 5. The largest absolute Gasteiger partial charge is 0.460 e. The maximum absolute atomic E-state index is 9.43. The number of hydrogen-bond donors (Lipinski definition) is 4. The van der Waals surface area contributed by atoms with Crippen LogP contribution in [0.25, 0.3) is 11.5 Å². The van der Waals surface area contributed by atoms with Crippen molar-refractivity contribution in [1.29, 1.82) is 0 Å². The van der Waals surface area contributed by atoms with E-state index in [1.54, 1.807) is 6.20 Å². The fraction of sp³-hybridized carbons (Fsp3) is 0.500. The Morgan fingerprint density at radius 2 is 2.10 bits per heavy atom. The normalized spacial score (nSPS) is 12.0. The van der Waals surface area contributed by atoms with Crippen molar-refractivity contribution in [2.75, 3.05) is 13.2 Å². The summed E-state index contributed by atoms with van der Waals surface area (Å²) >= 11 is 0. The first kappa shape index (κ1) is 14.8. The number of H-pyrrole nitrogens is 1. The van der Waals surface area contributed by atoms with Gasteiger partial charge in [0.25, 0.3) is 0 Å². The highest BCUT2D eigenvalue weighted by Crippen LogP contribution is 2.23. The minimum Gasteiger partial charge on any atom is -0.460 e. The van der Waals surface area contributed by atoms with Gasteiger partial charge in [-0.15, -0.1) is 0 Å². The Morgan fingerprint density at radius 3 is 2.65 bits per heavy atom. The molecular formula is C14H21N3O3. The molecule has 0 bridgehead atoms. The van der Waals surface area contributed by atoms with Gasteiger partial charge in [0.1, 0.15) is 11.5 Å². The van der Waals surface area contributed by atoms with Crippen LogP contribution in [0.3, 0.4) is 0 Å². The Hall–Kier alpha value is -1.63. The summed E-state index contributed by atoms with van der Waals surface area (Å²) in [5.74, 6) is 1.56.